The van der Waals surface area contributed by atoms with E-state index in [1.54, 1.807) is 12.1 Å². The van der Waals surface area contributed by atoms with Gasteiger partial charge in [0.05, 0.1) is 6.42 Å². The van der Waals surface area contributed by atoms with Crippen LogP contribution in [0.25, 0.3) is 0 Å². The maximum absolute atomic E-state index is 12.5. The van der Waals surface area contributed by atoms with Crippen molar-refractivity contribution < 1.29 is 20.0 Å². The predicted molar refractivity (Wildman–Crippen MR) is 54.1 cm³/mol. The molecule has 2 atom stereocenters. The Bertz CT molecular complexity index is 316. The monoisotopic (exact) mass is 212 g/mol. The topological polar surface area (TPSA) is 64.9 Å². The Morgan fingerprint density at radius 1 is 1.40 bits per heavy atom. The van der Waals surface area contributed by atoms with Crippen molar-refractivity contribution in [2.75, 3.05) is 6.67 Å². The summed E-state index contributed by atoms with van der Waals surface area (Å²) in [5.74, 6) is -1.28. The van der Waals surface area contributed by atoms with Gasteiger partial charge in [0.1, 0.15) is 12.7 Å². The second kappa shape index (κ2) is 5.46. The molecule has 3 nitrogen and oxygen atoms in total. The van der Waals surface area contributed by atoms with Crippen LogP contribution in [0.3, 0.4) is 0 Å². The quantitative estimate of drug-likeness (QED) is 0.759. The summed E-state index contributed by atoms with van der Waals surface area (Å²) >= 11 is 0. The number of hydrogen-bond donors (Lipinski definition) is 2. The number of benzene rings is 1. The second-order valence-electron chi connectivity index (χ2n) is 3.53. The molecule has 82 valence electrons. The average Bonchev–Trinajstić information content (AvgIpc) is 2.26. The van der Waals surface area contributed by atoms with Crippen molar-refractivity contribution in [2.24, 2.45) is 0 Å². The molecular weight excluding hydrogens is 197 g/mol. The molecule has 0 aliphatic carbocycles. The third kappa shape index (κ3) is 3.32. The highest BCUT2D eigenvalue weighted by atomic mass is 19.1. The Kier molecular flexibility index (Phi) is 4.24. The van der Waals surface area contributed by atoms with E-state index in [2.05, 4.69) is 5.73 Å². The van der Waals surface area contributed by atoms with Crippen LogP contribution < -0.4 is 5.73 Å². The number of quaternary nitrogens is 1. The van der Waals surface area contributed by atoms with E-state index in [1.165, 1.54) is 0 Å². The highest BCUT2D eigenvalue weighted by Gasteiger charge is 2.25. The fourth-order valence-electron chi connectivity index (χ4n) is 1.55. The number of alkyl halides is 1. The van der Waals surface area contributed by atoms with Crippen LogP contribution in [0.5, 0.6) is 0 Å². The molecular formula is C11H15FNO2+. The minimum atomic E-state index is -0.925. The van der Waals surface area contributed by atoms with E-state index in [9.17, 15) is 9.18 Å². The Morgan fingerprint density at radius 3 is 2.47 bits per heavy atom. The third-order valence-corrected chi connectivity index (χ3v) is 2.39. The van der Waals surface area contributed by atoms with Gasteiger partial charge >= 0.3 is 5.97 Å². The summed E-state index contributed by atoms with van der Waals surface area (Å²) in [4.78, 5) is 10.7. The van der Waals surface area contributed by atoms with Crippen molar-refractivity contribution in [3.05, 3.63) is 35.9 Å². The van der Waals surface area contributed by atoms with Gasteiger partial charge in [0, 0.05) is 5.92 Å². The summed E-state index contributed by atoms with van der Waals surface area (Å²) in [6.07, 6.45) is -0.0813. The molecule has 0 aliphatic heterocycles. The molecule has 0 saturated heterocycles. The van der Waals surface area contributed by atoms with Gasteiger partial charge in [-0.2, -0.15) is 0 Å². The number of rotatable bonds is 5. The maximum atomic E-state index is 12.5. The molecule has 0 aliphatic rings. The van der Waals surface area contributed by atoms with Crippen molar-refractivity contribution in [3.8, 4) is 0 Å². The molecule has 0 radical (unpaired) electrons. The smallest absolute Gasteiger partial charge is 0.304 e. The molecule has 4 N–H and O–H groups in total. The van der Waals surface area contributed by atoms with Crippen LogP contribution in [0.1, 0.15) is 17.9 Å². The van der Waals surface area contributed by atoms with Crippen LogP contribution in [0.15, 0.2) is 30.3 Å². The van der Waals surface area contributed by atoms with Gasteiger partial charge in [0.15, 0.2) is 0 Å². The normalized spacial score (nSPS) is 14.5. The summed E-state index contributed by atoms with van der Waals surface area (Å²) in [5, 5.41) is 8.74. The Balaban J connectivity index is 2.86. The van der Waals surface area contributed by atoms with Crippen LogP contribution >= 0.6 is 0 Å². The lowest BCUT2D eigenvalue weighted by molar-refractivity contribution is -0.427. The van der Waals surface area contributed by atoms with Crippen molar-refractivity contribution in [1.29, 1.82) is 0 Å². The first-order valence-corrected chi connectivity index (χ1v) is 4.81. The molecule has 0 fully saturated rings. The molecule has 1 aromatic rings. The predicted octanol–water partition coefficient (Wildman–Crippen LogP) is 0.825. The fourth-order valence-corrected chi connectivity index (χ4v) is 1.55. The number of carboxylic acid groups (broad SMARTS) is 1. The summed E-state index contributed by atoms with van der Waals surface area (Å²) in [6, 6.07) is 8.57. The zero-order valence-corrected chi connectivity index (χ0v) is 8.40. The molecule has 0 unspecified atom stereocenters. The van der Waals surface area contributed by atoms with Crippen LogP contribution in [0.2, 0.25) is 0 Å². The first-order valence-electron chi connectivity index (χ1n) is 4.81. The first kappa shape index (κ1) is 11.7. The first-order chi connectivity index (χ1) is 7.15. The van der Waals surface area contributed by atoms with Crippen LogP contribution in [-0.2, 0) is 4.79 Å². The van der Waals surface area contributed by atoms with E-state index in [4.69, 9.17) is 5.11 Å². The molecule has 0 heterocycles. The second-order valence-corrected chi connectivity index (χ2v) is 3.53. The van der Waals surface area contributed by atoms with Crippen LogP contribution in [0.4, 0.5) is 4.39 Å². The molecule has 0 saturated carbocycles. The maximum Gasteiger partial charge on any atom is 0.304 e. The van der Waals surface area contributed by atoms with Crippen LogP contribution in [0, 0.1) is 0 Å². The molecule has 1 rings (SSSR count). The van der Waals surface area contributed by atoms with Crippen LogP contribution in [-0.4, -0.2) is 23.8 Å². The van der Waals surface area contributed by atoms with E-state index in [1.807, 2.05) is 18.2 Å². The van der Waals surface area contributed by atoms with Gasteiger partial charge in [-0.25, -0.2) is 4.39 Å². The van der Waals surface area contributed by atoms with Gasteiger partial charge in [-0.15, -0.1) is 0 Å². The Hall–Kier alpha value is -1.42. The number of carbonyl (C=O) groups is 1. The van der Waals surface area contributed by atoms with Gasteiger partial charge in [-0.05, 0) is 5.56 Å². The minimum absolute atomic E-state index is 0.0813. The molecule has 0 amide bonds. The summed E-state index contributed by atoms with van der Waals surface area (Å²) in [7, 11) is 0. The van der Waals surface area contributed by atoms with Gasteiger partial charge < -0.3 is 10.8 Å². The van der Waals surface area contributed by atoms with E-state index in [0.717, 1.165) is 5.56 Å². The lowest BCUT2D eigenvalue weighted by atomic mass is 9.90. The van der Waals surface area contributed by atoms with E-state index in [0.29, 0.717) is 0 Å². The van der Waals surface area contributed by atoms with Gasteiger partial charge in [0.25, 0.3) is 0 Å². The molecule has 0 bridgehead atoms. The van der Waals surface area contributed by atoms with E-state index >= 15 is 0 Å². The molecule has 1 aromatic carbocycles. The standard InChI is InChI=1S/C11H14FNO2/c12-7-10(13)9(6-11(14)15)8-4-2-1-3-5-8/h1-5,9-10H,6-7,13H2,(H,14,15)/p+1/t9-,10-/m0/s1. The molecule has 0 aromatic heterocycles. The zero-order chi connectivity index (χ0) is 11.3. The number of hydrogen-bond acceptors (Lipinski definition) is 1. The average molecular weight is 212 g/mol. The Morgan fingerprint density at radius 2 is 2.00 bits per heavy atom. The number of carboxylic acids is 1. The van der Waals surface area contributed by atoms with E-state index < -0.39 is 18.7 Å². The highest BCUT2D eigenvalue weighted by Crippen LogP contribution is 2.21. The summed E-state index contributed by atoms with van der Waals surface area (Å²) in [5.41, 5.74) is 4.48. The zero-order valence-electron chi connectivity index (χ0n) is 8.40. The lowest BCUT2D eigenvalue weighted by Crippen LogP contribution is -2.65. The Labute approximate surface area is 87.7 Å². The largest absolute Gasteiger partial charge is 0.481 e. The summed E-state index contributed by atoms with van der Waals surface area (Å²) in [6.45, 7) is -0.604. The van der Waals surface area contributed by atoms with Gasteiger partial charge in [0.2, 0.25) is 0 Å². The molecule has 4 heteroatoms. The van der Waals surface area contributed by atoms with E-state index in [-0.39, 0.29) is 12.3 Å². The van der Waals surface area contributed by atoms with Crippen molar-refractivity contribution in [1.82, 2.24) is 0 Å². The van der Waals surface area contributed by atoms with Gasteiger partial charge in [-0.3, -0.25) is 4.79 Å². The van der Waals surface area contributed by atoms with Crippen molar-refractivity contribution in [3.63, 3.8) is 0 Å². The fraction of sp³-hybridized carbons (Fsp3) is 0.364. The molecule has 0 spiro atoms. The number of aliphatic carboxylic acids is 1. The SMILES string of the molecule is [NH3+][C@@H](CF)[C@@H](CC(=O)O)c1ccccc1. The van der Waals surface area contributed by atoms with Gasteiger partial charge in [-0.1, -0.05) is 30.3 Å². The molecule has 15 heavy (non-hydrogen) atoms. The number of halogens is 1. The van der Waals surface area contributed by atoms with Crippen molar-refractivity contribution >= 4 is 5.97 Å². The minimum Gasteiger partial charge on any atom is -0.481 e. The summed E-state index contributed by atoms with van der Waals surface area (Å²) < 4.78 is 12.5. The highest BCUT2D eigenvalue weighted by molar-refractivity contribution is 5.68. The third-order valence-electron chi connectivity index (χ3n) is 2.39. The van der Waals surface area contributed by atoms with Crippen molar-refractivity contribution in [2.45, 2.75) is 18.4 Å². The lowest BCUT2D eigenvalue weighted by Gasteiger charge is -2.17.